The predicted molar refractivity (Wildman–Crippen MR) is 67.5 cm³/mol. The fraction of sp³-hybridized carbons (Fsp3) is 0.917. The highest BCUT2D eigenvalue weighted by molar-refractivity contribution is 5.81. The lowest BCUT2D eigenvalue weighted by atomic mass is 10.0. The molecule has 1 rings (SSSR count). The Morgan fingerprint density at radius 1 is 1.59 bits per heavy atom. The molecule has 0 aromatic carbocycles. The SMILES string of the molecule is CC(C)C[C@H](N)C(=O)NC1CCCNCC1O. The van der Waals surface area contributed by atoms with Crippen LogP contribution in [0, 0.1) is 5.92 Å². The van der Waals surface area contributed by atoms with Crippen LogP contribution >= 0.6 is 0 Å². The first kappa shape index (κ1) is 14.4. The Balaban J connectivity index is 2.42. The fourth-order valence-electron chi connectivity index (χ4n) is 2.10. The molecule has 0 bridgehead atoms. The van der Waals surface area contributed by atoms with Crippen LogP contribution in [0.25, 0.3) is 0 Å². The molecular formula is C12H25N3O2. The minimum absolute atomic E-state index is 0.148. The Morgan fingerprint density at radius 3 is 2.94 bits per heavy atom. The Kier molecular flexibility index (Phi) is 5.88. The molecule has 0 aromatic heterocycles. The summed E-state index contributed by atoms with van der Waals surface area (Å²) in [5, 5.41) is 15.8. The van der Waals surface area contributed by atoms with Crippen LogP contribution in [0.4, 0.5) is 0 Å². The maximum absolute atomic E-state index is 11.8. The van der Waals surface area contributed by atoms with E-state index in [2.05, 4.69) is 10.6 Å². The smallest absolute Gasteiger partial charge is 0.237 e. The molecular weight excluding hydrogens is 218 g/mol. The van der Waals surface area contributed by atoms with E-state index in [1.54, 1.807) is 0 Å². The van der Waals surface area contributed by atoms with Gasteiger partial charge in [-0.25, -0.2) is 0 Å². The highest BCUT2D eigenvalue weighted by atomic mass is 16.3. The number of β-amino-alcohol motifs (C(OH)–C–C–N with tert-alkyl or cyclic N) is 1. The van der Waals surface area contributed by atoms with Crippen molar-refractivity contribution in [2.24, 2.45) is 11.7 Å². The third-order valence-corrected chi connectivity index (χ3v) is 3.08. The zero-order valence-corrected chi connectivity index (χ0v) is 10.8. The number of nitrogens with one attached hydrogen (secondary N) is 2. The molecule has 0 saturated carbocycles. The summed E-state index contributed by atoms with van der Waals surface area (Å²) >= 11 is 0. The van der Waals surface area contributed by atoms with Crippen LogP contribution in [-0.4, -0.2) is 42.3 Å². The van der Waals surface area contributed by atoms with E-state index >= 15 is 0 Å². The van der Waals surface area contributed by atoms with Gasteiger partial charge in [0.05, 0.1) is 18.2 Å². The summed E-state index contributed by atoms with van der Waals surface area (Å²) in [5.74, 6) is 0.251. The largest absolute Gasteiger partial charge is 0.390 e. The van der Waals surface area contributed by atoms with E-state index in [1.165, 1.54) is 0 Å². The topological polar surface area (TPSA) is 87.4 Å². The molecule has 1 saturated heterocycles. The van der Waals surface area contributed by atoms with Crippen molar-refractivity contribution in [1.29, 1.82) is 0 Å². The third kappa shape index (κ3) is 5.02. The maximum Gasteiger partial charge on any atom is 0.237 e. The summed E-state index contributed by atoms with van der Waals surface area (Å²) < 4.78 is 0. The number of amides is 1. The first-order valence-electron chi connectivity index (χ1n) is 6.45. The van der Waals surface area contributed by atoms with Crippen molar-refractivity contribution >= 4 is 5.91 Å². The van der Waals surface area contributed by atoms with Crippen molar-refractivity contribution in [1.82, 2.24) is 10.6 Å². The van der Waals surface area contributed by atoms with Crippen molar-refractivity contribution in [3.05, 3.63) is 0 Å². The van der Waals surface area contributed by atoms with Gasteiger partial charge in [-0.05, 0) is 31.7 Å². The number of aliphatic hydroxyl groups is 1. The van der Waals surface area contributed by atoms with Gasteiger partial charge in [0, 0.05) is 6.54 Å². The summed E-state index contributed by atoms with van der Waals surface area (Å²) in [7, 11) is 0. The van der Waals surface area contributed by atoms with Crippen LogP contribution in [0.3, 0.4) is 0 Å². The van der Waals surface area contributed by atoms with Gasteiger partial charge < -0.3 is 21.5 Å². The zero-order valence-electron chi connectivity index (χ0n) is 10.8. The number of nitrogens with two attached hydrogens (primary N) is 1. The molecule has 3 atom stereocenters. The Bertz CT molecular complexity index is 246. The molecule has 0 radical (unpaired) electrons. The average molecular weight is 243 g/mol. The Morgan fingerprint density at radius 2 is 2.29 bits per heavy atom. The number of carbonyl (C=O) groups excluding carboxylic acids is 1. The summed E-state index contributed by atoms with van der Waals surface area (Å²) in [6, 6.07) is -0.644. The monoisotopic (exact) mass is 243 g/mol. The zero-order chi connectivity index (χ0) is 12.8. The van der Waals surface area contributed by atoms with E-state index in [1.807, 2.05) is 13.8 Å². The molecule has 1 aliphatic heterocycles. The average Bonchev–Trinajstić information content (AvgIpc) is 2.43. The second-order valence-corrected chi connectivity index (χ2v) is 5.26. The summed E-state index contributed by atoms with van der Waals surface area (Å²) in [6.07, 6.45) is 1.91. The normalized spacial score (nSPS) is 27.6. The maximum atomic E-state index is 11.8. The van der Waals surface area contributed by atoms with Crippen LogP contribution in [0.2, 0.25) is 0 Å². The molecule has 2 unspecified atom stereocenters. The summed E-state index contributed by atoms with van der Waals surface area (Å²) in [4.78, 5) is 11.8. The van der Waals surface area contributed by atoms with Gasteiger partial charge >= 0.3 is 0 Å². The van der Waals surface area contributed by atoms with Gasteiger partial charge in [0.15, 0.2) is 0 Å². The summed E-state index contributed by atoms with van der Waals surface area (Å²) in [6.45, 7) is 5.50. The molecule has 1 heterocycles. The summed E-state index contributed by atoms with van der Waals surface area (Å²) in [5.41, 5.74) is 5.81. The van der Waals surface area contributed by atoms with Gasteiger partial charge in [-0.1, -0.05) is 13.8 Å². The number of hydrogen-bond acceptors (Lipinski definition) is 4. The third-order valence-electron chi connectivity index (χ3n) is 3.08. The second kappa shape index (κ2) is 6.93. The lowest BCUT2D eigenvalue weighted by molar-refractivity contribution is -0.124. The van der Waals surface area contributed by atoms with Crippen LogP contribution in [0.15, 0.2) is 0 Å². The lowest BCUT2D eigenvalue weighted by Crippen LogP contribution is -2.51. The van der Waals surface area contributed by atoms with Gasteiger partial charge in [-0.15, -0.1) is 0 Å². The molecule has 5 N–H and O–H groups in total. The quantitative estimate of drug-likeness (QED) is 0.540. The highest BCUT2D eigenvalue weighted by Gasteiger charge is 2.25. The highest BCUT2D eigenvalue weighted by Crippen LogP contribution is 2.08. The molecule has 0 aliphatic carbocycles. The number of hydrogen-bond donors (Lipinski definition) is 4. The molecule has 0 aromatic rings. The van der Waals surface area contributed by atoms with E-state index in [0.29, 0.717) is 18.9 Å². The van der Waals surface area contributed by atoms with Crippen molar-refractivity contribution in [3.63, 3.8) is 0 Å². The van der Waals surface area contributed by atoms with Gasteiger partial charge in [-0.3, -0.25) is 4.79 Å². The van der Waals surface area contributed by atoms with Gasteiger partial charge in [-0.2, -0.15) is 0 Å². The minimum atomic E-state index is -0.521. The number of carbonyl (C=O) groups is 1. The molecule has 5 nitrogen and oxygen atoms in total. The van der Waals surface area contributed by atoms with E-state index in [-0.39, 0.29) is 11.9 Å². The molecule has 0 spiro atoms. The predicted octanol–water partition coefficient (Wildman–Crippen LogP) is -0.411. The van der Waals surface area contributed by atoms with Crippen LogP contribution < -0.4 is 16.4 Å². The molecule has 1 fully saturated rings. The van der Waals surface area contributed by atoms with Gasteiger partial charge in [0.1, 0.15) is 0 Å². The first-order valence-corrected chi connectivity index (χ1v) is 6.45. The molecule has 1 aliphatic rings. The van der Waals surface area contributed by atoms with Crippen LogP contribution in [0.5, 0.6) is 0 Å². The van der Waals surface area contributed by atoms with Gasteiger partial charge in [0.2, 0.25) is 5.91 Å². The molecule has 17 heavy (non-hydrogen) atoms. The number of rotatable bonds is 4. The Labute approximate surface area is 103 Å². The van der Waals surface area contributed by atoms with Crippen molar-refractivity contribution in [3.8, 4) is 0 Å². The fourth-order valence-corrected chi connectivity index (χ4v) is 2.10. The van der Waals surface area contributed by atoms with Gasteiger partial charge in [0.25, 0.3) is 0 Å². The van der Waals surface area contributed by atoms with Crippen LogP contribution in [-0.2, 0) is 4.79 Å². The van der Waals surface area contributed by atoms with E-state index < -0.39 is 12.1 Å². The second-order valence-electron chi connectivity index (χ2n) is 5.26. The van der Waals surface area contributed by atoms with E-state index in [4.69, 9.17) is 5.73 Å². The molecule has 1 amide bonds. The van der Waals surface area contributed by atoms with Crippen molar-refractivity contribution < 1.29 is 9.90 Å². The van der Waals surface area contributed by atoms with Crippen molar-refractivity contribution in [2.75, 3.05) is 13.1 Å². The first-order chi connectivity index (χ1) is 8.00. The minimum Gasteiger partial charge on any atom is -0.390 e. The standard InChI is InChI=1S/C12H25N3O2/c1-8(2)6-9(13)12(17)15-10-4-3-5-14-7-11(10)16/h8-11,14,16H,3-7,13H2,1-2H3,(H,15,17)/t9-,10?,11?/m0/s1. The molecule has 100 valence electrons. The van der Waals surface area contributed by atoms with Crippen molar-refractivity contribution in [2.45, 2.75) is 51.3 Å². The van der Waals surface area contributed by atoms with E-state index in [0.717, 1.165) is 19.4 Å². The molecule has 5 heteroatoms. The Hall–Kier alpha value is -0.650. The van der Waals surface area contributed by atoms with Crippen LogP contribution in [0.1, 0.15) is 33.1 Å². The lowest BCUT2D eigenvalue weighted by Gasteiger charge is -2.23. The number of aliphatic hydroxyl groups excluding tert-OH is 1. The van der Waals surface area contributed by atoms with E-state index in [9.17, 15) is 9.90 Å².